The molecule has 0 bridgehead atoms. The SMILES string of the molecule is COc1cccc2c1OC[C@H](CO)[C@@H]2N(C)C(=O)Nc1ccc(Cl)cc1. The van der Waals surface area contributed by atoms with Crippen LogP contribution in [0.2, 0.25) is 5.02 Å². The maximum Gasteiger partial charge on any atom is 0.322 e. The Morgan fingerprint density at radius 2 is 2.08 bits per heavy atom. The lowest BCUT2D eigenvalue weighted by molar-refractivity contribution is 0.0719. The predicted octanol–water partition coefficient (Wildman–Crippen LogP) is 3.55. The molecule has 0 saturated carbocycles. The van der Waals surface area contributed by atoms with E-state index in [0.717, 1.165) is 5.56 Å². The normalized spacial score (nSPS) is 18.5. The van der Waals surface area contributed by atoms with E-state index in [1.165, 1.54) is 0 Å². The monoisotopic (exact) mass is 376 g/mol. The number of nitrogens with one attached hydrogen (secondary N) is 1. The number of ether oxygens (including phenoxy) is 2. The zero-order valence-electron chi connectivity index (χ0n) is 14.6. The van der Waals surface area contributed by atoms with Crippen LogP contribution in [0.25, 0.3) is 0 Å². The van der Waals surface area contributed by atoms with E-state index < -0.39 is 0 Å². The van der Waals surface area contributed by atoms with Gasteiger partial charge in [-0.3, -0.25) is 0 Å². The molecule has 2 aromatic carbocycles. The van der Waals surface area contributed by atoms with Gasteiger partial charge >= 0.3 is 6.03 Å². The lowest BCUT2D eigenvalue weighted by atomic mass is 9.90. The number of urea groups is 1. The second-order valence-corrected chi connectivity index (χ2v) is 6.56. The summed E-state index contributed by atoms with van der Waals surface area (Å²) in [5.41, 5.74) is 1.45. The van der Waals surface area contributed by atoms with Crippen molar-refractivity contribution in [3.05, 3.63) is 53.1 Å². The molecular weight excluding hydrogens is 356 g/mol. The molecule has 1 aliphatic heterocycles. The summed E-state index contributed by atoms with van der Waals surface area (Å²) in [7, 11) is 3.27. The number of aliphatic hydroxyl groups is 1. The number of anilines is 1. The standard InChI is InChI=1S/C19H21ClN2O4/c1-22(19(24)21-14-8-6-13(20)7-9-14)17-12(10-23)11-26-18-15(17)4-3-5-16(18)25-2/h3-9,12,17,23H,10-11H2,1-2H3,(H,21,24)/t12-,17-/m0/s1. The van der Waals surface area contributed by atoms with Crippen LogP contribution in [0.4, 0.5) is 10.5 Å². The molecule has 0 saturated heterocycles. The predicted molar refractivity (Wildman–Crippen MR) is 100 cm³/mol. The number of nitrogens with zero attached hydrogens (tertiary/aromatic N) is 1. The largest absolute Gasteiger partial charge is 0.493 e. The number of hydrogen-bond acceptors (Lipinski definition) is 4. The van der Waals surface area contributed by atoms with Gasteiger partial charge in [-0.05, 0) is 30.3 Å². The number of benzene rings is 2. The van der Waals surface area contributed by atoms with Crippen molar-refractivity contribution in [3.8, 4) is 11.5 Å². The maximum atomic E-state index is 12.8. The molecule has 2 atom stereocenters. The van der Waals surface area contributed by atoms with Crippen LogP contribution in [0.5, 0.6) is 11.5 Å². The average Bonchev–Trinajstić information content (AvgIpc) is 2.67. The van der Waals surface area contributed by atoms with Gasteiger partial charge in [0, 0.05) is 29.2 Å². The number of halogens is 1. The number of para-hydroxylation sites is 1. The van der Waals surface area contributed by atoms with Crippen molar-refractivity contribution < 1.29 is 19.4 Å². The molecule has 1 aliphatic rings. The summed E-state index contributed by atoms with van der Waals surface area (Å²) in [6, 6.07) is 11.8. The third-order valence-corrected chi connectivity index (χ3v) is 4.76. The quantitative estimate of drug-likeness (QED) is 0.856. The minimum atomic E-state index is -0.342. The lowest BCUT2D eigenvalue weighted by Gasteiger charge is -2.38. The Hall–Kier alpha value is -2.44. The third kappa shape index (κ3) is 3.57. The number of carbonyl (C=O) groups is 1. The van der Waals surface area contributed by atoms with Crippen LogP contribution in [0.15, 0.2) is 42.5 Å². The first-order valence-electron chi connectivity index (χ1n) is 8.25. The van der Waals surface area contributed by atoms with Crippen molar-refractivity contribution in [1.29, 1.82) is 0 Å². The number of hydrogen-bond donors (Lipinski definition) is 2. The Bertz CT molecular complexity index is 782. The molecule has 0 unspecified atom stereocenters. The smallest absolute Gasteiger partial charge is 0.322 e. The van der Waals surface area contributed by atoms with Gasteiger partial charge in [0.25, 0.3) is 0 Å². The lowest BCUT2D eigenvalue weighted by Crippen LogP contribution is -2.43. The van der Waals surface area contributed by atoms with Crippen LogP contribution in [0.3, 0.4) is 0 Å². The molecule has 0 aromatic heterocycles. The van der Waals surface area contributed by atoms with Gasteiger partial charge in [-0.15, -0.1) is 0 Å². The van der Waals surface area contributed by atoms with E-state index in [-0.39, 0.29) is 24.6 Å². The highest BCUT2D eigenvalue weighted by molar-refractivity contribution is 6.30. The molecule has 6 nitrogen and oxygen atoms in total. The van der Waals surface area contributed by atoms with Crippen LogP contribution < -0.4 is 14.8 Å². The number of carbonyl (C=O) groups excluding carboxylic acids is 1. The van der Waals surface area contributed by atoms with E-state index in [1.807, 2.05) is 18.2 Å². The number of amides is 2. The van der Waals surface area contributed by atoms with Crippen molar-refractivity contribution in [2.45, 2.75) is 6.04 Å². The fraction of sp³-hybridized carbons (Fsp3) is 0.316. The minimum Gasteiger partial charge on any atom is -0.493 e. The first kappa shape index (κ1) is 18.4. The van der Waals surface area contributed by atoms with Crippen LogP contribution in [0, 0.1) is 5.92 Å². The van der Waals surface area contributed by atoms with E-state index >= 15 is 0 Å². The van der Waals surface area contributed by atoms with E-state index in [0.29, 0.717) is 28.8 Å². The van der Waals surface area contributed by atoms with Crippen molar-refractivity contribution in [1.82, 2.24) is 4.90 Å². The second kappa shape index (κ2) is 7.85. The van der Waals surface area contributed by atoms with Gasteiger partial charge in [0.2, 0.25) is 0 Å². The Balaban J connectivity index is 1.88. The molecule has 26 heavy (non-hydrogen) atoms. The maximum absolute atomic E-state index is 12.8. The Labute approximate surface area is 157 Å². The summed E-state index contributed by atoms with van der Waals surface area (Å²) in [5.74, 6) is 0.974. The Morgan fingerprint density at radius 1 is 1.35 bits per heavy atom. The summed E-state index contributed by atoms with van der Waals surface area (Å²) < 4.78 is 11.1. The molecule has 3 rings (SSSR count). The van der Waals surface area contributed by atoms with Crippen molar-refractivity contribution in [2.24, 2.45) is 5.92 Å². The summed E-state index contributed by atoms with van der Waals surface area (Å²) in [4.78, 5) is 14.3. The van der Waals surface area contributed by atoms with Crippen LogP contribution in [0.1, 0.15) is 11.6 Å². The first-order valence-corrected chi connectivity index (χ1v) is 8.63. The molecule has 7 heteroatoms. The molecule has 2 N–H and O–H groups in total. The summed E-state index contributed by atoms with van der Waals surface area (Å²) >= 11 is 5.88. The molecule has 2 amide bonds. The van der Waals surface area contributed by atoms with E-state index in [1.54, 1.807) is 43.3 Å². The van der Waals surface area contributed by atoms with E-state index in [9.17, 15) is 9.90 Å². The highest BCUT2D eigenvalue weighted by atomic mass is 35.5. The van der Waals surface area contributed by atoms with Gasteiger partial charge in [0.05, 0.1) is 26.4 Å². The molecular formula is C19H21ClN2O4. The Morgan fingerprint density at radius 3 is 2.73 bits per heavy atom. The van der Waals surface area contributed by atoms with Gasteiger partial charge in [0.15, 0.2) is 11.5 Å². The number of methoxy groups -OCH3 is 1. The number of fused-ring (bicyclic) bond motifs is 1. The molecule has 0 fully saturated rings. The van der Waals surface area contributed by atoms with Gasteiger partial charge in [0.1, 0.15) is 0 Å². The van der Waals surface area contributed by atoms with Crippen LogP contribution >= 0.6 is 11.6 Å². The number of rotatable bonds is 4. The highest BCUT2D eigenvalue weighted by Gasteiger charge is 2.37. The highest BCUT2D eigenvalue weighted by Crippen LogP contribution is 2.43. The number of aliphatic hydroxyl groups excluding tert-OH is 1. The van der Waals surface area contributed by atoms with E-state index in [2.05, 4.69) is 5.32 Å². The topological polar surface area (TPSA) is 71.0 Å². The van der Waals surface area contributed by atoms with Crippen molar-refractivity contribution >= 4 is 23.3 Å². The van der Waals surface area contributed by atoms with E-state index in [4.69, 9.17) is 21.1 Å². The fourth-order valence-electron chi connectivity index (χ4n) is 3.16. The first-order chi connectivity index (χ1) is 12.5. The zero-order chi connectivity index (χ0) is 18.7. The van der Waals surface area contributed by atoms with Crippen LogP contribution in [-0.2, 0) is 0 Å². The molecule has 0 radical (unpaired) electrons. The van der Waals surface area contributed by atoms with Gasteiger partial charge in [-0.1, -0.05) is 23.7 Å². The summed E-state index contributed by atoms with van der Waals surface area (Å²) in [5, 5.41) is 13.2. The van der Waals surface area contributed by atoms with Gasteiger partial charge in [-0.25, -0.2) is 4.79 Å². The van der Waals surface area contributed by atoms with Gasteiger partial charge < -0.3 is 24.8 Å². The average molecular weight is 377 g/mol. The third-order valence-electron chi connectivity index (χ3n) is 4.50. The Kier molecular flexibility index (Phi) is 5.54. The molecule has 0 aliphatic carbocycles. The second-order valence-electron chi connectivity index (χ2n) is 6.13. The molecule has 0 spiro atoms. The molecule has 138 valence electrons. The fourth-order valence-corrected chi connectivity index (χ4v) is 3.29. The summed E-state index contributed by atoms with van der Waals surface area (Å²) in [6.07, 6.45) is 0. The zero-order valence-corrected chi connectivity index (χ0v) is 15.4. The van der Waals surface area contributed by atoms with Gasteiger partial charge in [-0.2, -0.15) is 0 Å². The van der Waals surface area contributed by atoms with Crippen LogP contribution in [-0.4, -0.2) is 43.4 Å². The minimum absolute atomic E-state index is 0.0973. The summed E-state index contributed by atoms with van der Waals surface area (Å²) in [6.45, 7) is 0.201. The van der Waals surface area contributed by atoms with Crippen molar-refractivity contribution in [2.75, 3.05) is 32.7 Å². The molecule has 2 aromatic rings. The van der Waals surface area contributed by atoms with Crippen molar-refractivity contribution in [3.63, 3.8) is 0 Å². The molecule has 1 heterocycles.